The highest BCUT2D eigenvalue weighted by Gasteiger charge is 2.02. The first-order valence-electron chi connectivity index (χ1n) is 6.34. The normalized spacial score (nSPS) is 10.5. The summed E-state index contributed by atoms with van der Waals surface area (Å²) >= 11 is 0. The minimum atomic E-state index is 0.0292. The Morgan fingerprint density at radius 1 is 1.11 bits per heavy atom. The molecule has 100 valence electrons. The van der Waals surface area contributed by atoms with Crippen molar-refractivity contribution in [2.45, 2.75) is 26.7 Å². The van der Waals surface area contributed by atoms with Crippen molar-refractivity contribution in [2.75, 3.05) is 0 Å². The van der Waals surface area contributed by atoms with Crippen molar-refractivity contribution in [1.29, 1.82) is 0 Å². The predicted molar refractivity (Wildman–Crippen MR) is 75.8 cm³/mol. The van der Waals surface area contributed by atoms with Crippen LogP contribution in [0, 0.1) is 6.92 Å². The molecule has 3 heteroatoms. The van der Waals surface area contributed by atoms with E-state index in [1.165, 1.54) is 5.56 Å². The molecule has 2 aromatic rings. The van der Waals surface area contributed by atoms with Crippen molar-refractivity contribution in [1.82, 2.24) is 0 Å². The molecule has 0 saturated carbocycles. The molecule has 0 atom stereocenters. The second-order valence-electron chi connectivity index (χ2n) is 4.56. The number of hydrogen-bond donors (Lipinski definition) is 2. The van der Waals surface area contributed by atoms with Gasteiger partial charge in [0.2, 0.25) is 0 Å². The van der Waals surface area contributed by atoms with Gasteiger partial charge in [0, 0.05) is 6.54 Å². The van der Waals surface area contributed by atoms with Crippen LogP contribution in [-0.2, 0) is 19.8 Å². The molecule has 0 aliphatic heterocycles. The van der Waals surface area contributed by atoms with Crippen molar-refractivity contribution in [2.24, 2.45) is 5.73 Å². The van der Waals surface area contributed by atoms with E-state index in [9.17, 15) is 0 Å². The predicted octanol–water partition coefficient (Wildman–Crippen LogP) is 2.53. The molecular formula is C16H19NO2. The van der Waals surface area contributed by atoms with Crippen LogP contribution >= 0.6 is 0 Å². The van der Waals surface area contributed by atoms with Crippen LogP contribution in [0.4, 0.5) is 0 Å². The number of hydrogen-bond acceptors (Lipinski definition) is 3. The van der Waals surface area contributed by atoms with E-state index >= 15 is 0 Å². The summed E-state index contributed by atoms with van der Waals surface area (Å²) in [6.45, 7) is 3.16. The van der Waals surface area contributed by atoms with E-state index in [1.54, 1.807) is 0 Å². The summed E-state index contributed by atoms with van der Waals surface area (Å²) in [5.74, 6) is 0.772. The van der Waals surface area contributed by atoms with E-state index in [0.717, 1.165) is 22.4 Å². The zero-order chi connectivity index (χ0) is 13.7. The zero-order valence-electron chi connectivity index (χ0n) is 11.1. The Morgan fingerprint density at radius 2 is 1.95 bits per heavy atom. The van der Waals surface area contributed by atoms with Crippen molar-refractivity contribution >= 4 is 0 Å². The second-order valence-corrected chi connectivity index (χ2v) is 4.56. The molecule has 0 aromatic heterocycles. The molecule has 19 heavy (non-hydrogen) atoms. The number of benzene rings is 2. The van der Waals surface area contributed by atoms with Gasteiger partial charge in [-0.15, -0.1) is 0 Å². The van der Waals surface area contributed by atoms with Crippen LogP contribution in [0.1, 0.15) is 22.3 Å². The van der Waals surface area contributed by atoms with Gasteiger partial charge in [0.05, 0.1) is 6.61 Å². The van der Waals surface area contributed by atoms with Crippen molar-refractivity contribution in [3.05, 3.63) is 64.7 Å². The first-order chi connectivity index (χ1) is 9.22. The van der Waals surface area contributed by atoms with E-state index in [1.807, 2.05) is 36.4 Å². The van der Waals surface area contributed by atoms with Crippen LogP contribution < -0.4 is 10.5 Å². The summed E-state index contributed by atoms with van der Waals surface area (Å²) in [7, 11) is 0. The molecule has 2 aromatic carbocycles. The lowest BCUT2D eigenvalue weighted by Gasteiger charge is -2.10. The fourth-order valence-corrected chi connectivity index (χ4v) is 1.94. The average molecular weight is 257 g/mol. The summed E-state index contributed by atoms with van der Waals surface area (Å²) < 4.78 is 5.75. The lowest BCUT2D eigenvalue weighted by Crippen LogP contribution is -2.01. The van der Waals surface area contributed by atoms with Crippen LogP contribution in [0.5, 0.6) is 5.75 Å². The Labute approximate surface area is 113 Å². The van der Waals surface area contributed by atoms with E-state index in [4.69, 9.17) is 15.6 Å². The summed E-state index contributed by atoms with van der Waals surface area (Å²) in [6.07, 6.45) is 0. The minimum absolute atomic E-state index is 0.0292. The summed E-state index contributed by atoms with van der Waals surface area (Å²) in [6, 6.07) is 13.7. The van der Waals surface area contributed by atoms with Crippen molar-refractivity contribution in [3.8, 4) is 5.75 Å². The van der Waals surface area contributed by atoms with Gasteiger partial charge in [-0.2, -0.15) is 0 Å². The second kappa shape index (κ2) is 6.36. The molecule has 0 bridgehead atoms. The van der Waals surface area contributed by atoms with Crippen LogP contribution in [0.2, 0.25) is 0 Å². The summed E-state index contributed by atoms with van der Waals surface area (Å²) in [4.78, 5) is 0. The van der Waals surface area contributed by atoms with Gasteiger partial charge in [0.15, 0.2) is 0 Å². The molecule has 3 N–H and O–H groups in total. The molecule has 0 saturated heterocycles. The van der Waals surface area contributed by atoms with Gasteiger partial charge < -0.3 is 15.6 Å². The Hall–Kier alpha value is -1.84. The number of nitrogens with two attached hydrogens (primary N) is 1. The molecular weight excluding hydrogens is 238 g/mol. The number of rotatable bonds is 5. The molecule has 0 aliphatic carbocycles. The van der Waals surface area contributed by atoms with Gasteiger partial charge in [-0.3, -0.25) is 0 Å². The third kappa shape index (κ3) is 3.56. The van der Waals surface area contributed by atoms with Gasteiger partial charge in [-0.25, -0.2) is 0 Å². The van der Waals surface area contributed by atoms with E-state index < -0.39 is 0 Å². The molecule has 0 radical (unpaired) electrons. The highest BCUT2D eigenvalue weighted by Crippen LogP contribution is 2.17. The highest BCUT2D eigenvalue weighted by molar-refractivity contribution is 5.32. The molecule has 0 heterocycles. The van der Waals surface area contributed by atoms with Gasteiger partial charge in [-0.1, -0.05) is 30.3 Å². The van der Waals surface area contributed by atoms with E-state index in [2.05, 4.69) is 13.0 Å². The molecule has 0 amide bonds. The van der Waals surface area contributed by atoms with Crippen molar-refractivity contribution in [3.63, 3.8) is 0 Å². The smallest absolute Gasteiger partial charge is 0.120 e. The standard InChI is InChI=1S/C16H19NO2/c1-12-7-13(9-17)5-6-15(12)11-19-16-4-2-3-14(8-16)10-18/h2-8,18H,9-11,17H2,1H3. The van der Waals surface area contributed by atoms with E-state index in [0.29, 0.717) is 13.2 Å². The number of ether oxygens (including phenoxy) is 1. The van der Waals surface area contributed by atoms with Crippen LogP contribution in [-0.4, -0.2) is 5.11 Å². The quantitative estimate of drug-likeness (QED) is 0.865. The van der Waals surface area contributed by atoms with Gasteiger partial charge >= 0.3 is 0 Å². The van der Waals surface area contributed by atoms with Crippen LogP contribution in [0.25, 0.3) is 0 Å². The molecule has 3 nitrogen and oxygen atoms in total. The third-order valence-corrected chi connectivity index (χ3v) is 3.12. The zero-order valence-corrected chi connectivity index (χ0v) is 11.1. The number of aliphatic hydroxyl groups excluding tert-OH is 1. The monoisotopic (exact) mass is 257 g/mol. The van der Waals surface area contributed by atoms with Crippen LogP contribution in [0.15, 0.2) is 42.5 Å². The Bertz CT molecular complexity index is 552. The summed E-state index contributed by atoms with van der Waals surface area (Å²) in [5, 5.41) is 9.08. The maximum atomic E-state index is 9.08. The van der Waals surface area contributed by atoms with Gasteiger partial charge in [-0.05, 0) is 41.3 Å². The maximum Gasteiger partial charge on any atom is 0.120 e. The molecule has 0 aliphatic rings. The fourth-order valence-electron chi connectivity index (χ4n) is 1.94. The first kappa shape index (κ1) is 13.6. The Balaban J connectivity index is 2.05. The highest BCUT2D eigenvalue weighted by atomic mass is 16.5. The number of aliphatic hydroxyl groups is 1. The Morgan fingerprint density at radius 3 is 2.63 bits per heavy atom. The molecule has 2 rings (SSSR count). The van der Waals surface area contributed by atoms with Gasteiger partial charge in [0.25, 0.3) is 0 Å². The molecule has 0 unspecified atom stereocenters. The minimum Gasteiger partial charge on any atom is -0.489 e. The van der Waals surface area contributed by atoms with E-state index in [-0.39, 0.29) is 6.61 Å². The van der Waals surface area contributed by atoms with Gasteiger partial charge in [0.1, 0.15) is 12.4 Å². The SMILES string of the molecule is Cc1cc(CN)ccc1COc1cccc(CO)c1. The topological polar surface area (TPSA) is 55.5 Å². The van der Waals surface area contributed by atoms with Crippen LogP contribution in [0.3, 0.4) is 0 Å². The largest absolute Gasteiger partial charge is 0.489 e. The average Bonchev–Trinajstić information content (AvgIpc) is 2.46. The first-order valence-corrected chi connectivity index (χ1v) is 6.34. The lowest BCUT2D eigenvalue weighted by atomic mass is 10.1. The molecule has 0 spiro atoms. The number of aryl methyl sites for hydroxylation is 1. The Kier molecular flexibility index (Phi) is 4.55. The summed E-state index contributed by atoms with van der Waals surface area (Å²) in [5.41, 5.74) is 9.92. The maximum absolute atomic E-state index is 9.08. The fraction of sp³-hybridized carbons (Fsp3) is 0.250. The molecule has 0 fully saturated rings. The van der Waals surface area contributed by atoms with Crippen molar-refractivity contribution < 1.29 is 9.84 Å². The lowest BCUT2D eigenvalue weighted by molar-refractivity contribution is 0.278. The third-order valence-electron chi connectivity index (χ3n) is 3.12.